The quantitative estimate of drug-likeness (QED) is 0.504. The van der Waals surface area contributed by atoms with Gasteiger partial charge in [0.15, 0.2) is 5.75 Å². The maximum absolute atomic E-state index is 12.6. The smallest absolute Gasteiger partial charge is 0.368 e. The third-order valence-corrected chi connectivity index (χ3v) is 4.55. The van der Waals surface area contributed by atoms with Crippen LogP contribution in [-0.4, -0.2) is 35.3 Å². The first kappa shape index (κ1) is 17.8. The molecule has 1 aromatic heterocycles. The van der Waals surface area contributed by atoms with Crippen LogP contribution < -0.4 is 14.4 Å². The molecule has 0 unspecified atom stereocenters. The number of carbonyl (C=O) groups excluding carboxylic acids is 2. The van der Waals surface area contributed by atoms with E-state index in [9.17, 15) is 9.59 Å². The molecule has 0 bridgehead atoms. The fourth-order valence-corrected chi connectivity index (χ4v) is 3.13. The number of ether oxygens (including phenoxy) is 2. The summed E-state index contributed by atoms with van der Waals surface area (Å²) in [5, 5.41) is 4.30. The van der Waals surface area contributed by atoms with Crippen LogP contribution in [0.25, 0.3) is 5.69 Å². The molecule has 2 aromatic carbocycles. The molecular formula is C21H19N3O4. The number of hydrogen-bond donors (Lipinski definition) is 0. The molecule has 4 rings (SSSR count). The van der Waals surface area contributed by atoms with E-state index in [0.29, 0.717) is 24.5 Å². The zero-order chi connectivity index (χ0) is 19.5. The molecule has 7 heteroatoms. The van der Waals surface area contributed by atoms with Gasteiger partial charge in [-0.2, -0.15) is 5.10 Å². The number of methoxy groups -OCH3 is 1. The molecular weight excluding hydrogens is 358 g/mol. The standard InChI is InChI=1S/C21H19N3O4/c1-27-18-14-24(16-6-3-2-4-7-16)22-20(18)21(26)28-17-11-9-15(10-12-17)23-13-5-8-19(23)25/h2-4,6-7,9-12,14H,5,8,13H2,1H3. The highest BCUT2D eigenvalue weighted by atomic mass is 16.5. The van der Waals surface area contributed by atoms with E-state index in [1.807, 2.05) is 30.3 Å². The Hall–Kier alpha value is -3.61. The van der Waals surface area contributed by atoms with Crippen molar-refractivity contribution in [2.45, 2.75) is 12.8 Å². The monoisotopic (exact) mass is 377 g/mol. The SMILES string of the molecule is COc1cn(-c2ccccc2)nc1C(=O)Oc1ccc(N2CCCC2=O)cc1. The van der Waals surface area contributed by atoms with Crippen molar-refractivity contribution in [3.63, 3.8) is 0 Å². The third-order valence-electron chi connectivity index (χ3n) is 4.55. The summed E-state index contributed by atoms with van der Waals surface area (Å²) in [4.78, 5) is 26.1. The van der Waals surface area contributed by atoms with Gasteiger partial charge >= 0.3 is 5.97 Å². The lowest BCUT2D eigenvalue weighted by atomic mass is 10.3. The molecule has 0 spiro atoms. The summed E-state index contributed by atoms with van der Waals surface area (Å²) in [5.41, 5.74) is 1.69. The molecule has 1 saturated heterocycles. The predicted octanol–water partition coefficient (Wildman–Crippen LogP) is 3.23. The first-order chi connectivity index (χ1) is 13.7. The van der Waals surface area contributed by atoms with Crippen LogP contribution in [0, 0.1) is 0 Å². The molecule has 0 radical (unpaired) electrons. The summed E-state index contributed by atoms with van der Waals surface area (Å²) in [6, 6.07) is 16.3. The van der Waals surface area contributed by atoms with Gasteiger partial charge in [-0.1, -0.05) is 18.2 Å². The second-order valence-corrected chi connectivity index (χ2v) is 6.36. The summed E-state index contributed by atoms with van der Waals surface area (Å²) in [6.07, 6.45) is 3.06. The molecule has 0 saturated carbocycles. The highest BCUT2D eigenvalue weighted by Crippen LogP contribution is 2.25. The van der Waals surface area contributed by atoms with Crippen molar-refractivity contribution in [2.24, 2.45) is 0 Å². The van der Waals surface area contributed by atoms with Gasteiger partial charge in [-0.05, 0) is 42.8 Å². The van der Waals surface area contributed by atoms with Crippen LogP contribution in [0.15, 0.2) is 60.8 Å². The number of aromatic nitrogens is 2. The fraction of sp³-hybridized carbons (Fsp3) is 0.190. The molecule has 1 aliphatic rings. The van der Waals surface area contributed by atoms with E-state index < -0.39 is 5.97 Å². The number of esters is 1. The van der Waals surface area contributed by atoms with E-state index >= 15 is 0 Å². The molecule has 1 fully saturated rings. The normalized spacial score (nSPS) is 13.6. The summed E-state index contributed by atoms with van der Waals surface area (Å²) in [5.74, 6) is 0.197. The Bertz CT molecular complexity index is 996. The van der Waals surface area contributed by atoms with Gasteiger partial charge in [-0.3, -0.25) is 4.79 Å². The van der Waals surface area contributed by atoms with Gasteiger partial charge < -0.3 is 14.4 Å². The first-order valence-corrected chi connectivity index (χ1v) is 8.97. The van der Waals surface area contributed by atoms with E-state index in [2.05, 4.69) is 5.10 Å². The van der Waals surface area contributed by atoms with Crippen LogP contribution in [0.1, 0.15) is 23.3 Å². The van der Waals surface area contributed by atoms with E-state index in [1.54, 1.807) is 40.0 Å². The minimum atomic E-state index is -0.614. The average molecular weight is 377 g/mol. The fourth-order valence-electron chi connectivity index (χ4n) is 3.13. The van der Waals surface area contributed by atoms with Crippen molar-refractivity contribution >= 4 is 17.6 Å². The van der Waals surface area contributed by atoms with Crippen molar-refractivity contribution in [1.29, 1.82) is 0 Å². The Morgan fingerprint density at radius 2 is 1.79 bits per heavy atom. The summed E-state index contributed by atoms with van der Waals surface area (Å²) in [6.45, 7) is 0.714. The summed E-state index contributed by atoms with van der Waals surface area (Å²) >= 11 is 0. The lowest BCUT2D eigenvalue weighted by molar-refractivity contribution is -0.117. The van der Waals surface area contributed by atoms with Gasteiger partial charge in [0, 0.05) is 18.7 Å². The topological polar surface area (TPSA) is 73.7 Å². The van der Waals surface area contributed by atoms with Gasteiger partial charge in [-0.25, -0.2) is 9.48 Å². The number of benzene rings is 2. The number of rotatable bonds is 5. The van der Waals surface area contributed by atoms with Crippen LogP contribution >= 0.6 is 0 Å². The highest BCUT2D eigenvalue weighted by molar-refractivity contribution is 5.95. The zero-order valence-corrected chi connectivity index (χ0v) is 15.4. The average Bonchev–Trinajstić information content (AvgIpc) is 3.35. The third kappa shape index (κ3) is 3.46. The second-order valence-electron chi connectivity index (χ2n) is 6.36. The second kappa shape index (κ2) is 7.56. The van der Waals surface area contributed by atoms with Crippen molar-refractivity contribution in [3.8, 4) is 17.2 Å². The van der Waals surface area contributed by atoms with Gasteiger partial charge in [0.25, 0.3) is 0 Å². The first-order valence-electron chi connectivity index (χ1n) is 8.97. The van der Waals surface area contributed by atoms with Crippen LogP contribution in [-0.2, 0) is 4.79 Å². The predicted molar refractivity (Wildman–Crippen MR) is 103 cm³/mol. The highest BCUT2D eigenvalue weighted by Gasteiger charge is 2.23. The Kier molecular flexibility index (Phi) is 4.80. The van der Waals surface area contributed by atoms with E-state index in [-0.39, 0.29) is 11.6 Å². The largest absolute Gasteiger partial charge is 0.493 e. The van der Waals surface area contributed by atoms with Gasteiger partial charge in [0.05, 0.1) is 19.0 Å². The van der Waals surface area contributed by atoms with E-state index in [1.165, 1.54) is 7.11 Å². The number of para-hydroxylation sites is 1. The molecule has 1 amide bonds. The summed E-state index contributed by atoms with van der Waals surface area (Å²) < 4.78 is 12.3. The van der Waals surface area contributed by atoms with Crippen LogP contribution in [0.5, 0.6) is 11.5 Å². The maximum atomic E-state index is 12.6. The maximum Gasteiger partial charge on any atom is 0.368 e. The number of hydrogen-bond acceptors (Lipinski definition) is 5. The Morgan fingerprint density at radius 1 is 1.04 bits per heavy atom. The Morgan fingerprint density at radius 3 is 2.43 bits per heavy atom. The van der Waals surface area contributed by atoms with Crippen LogP contribution in [0.3, 0.4) is 0 Å². The number of amides is 1. The Balaban J connectivity index is 1.52. The molecule has 0 aliphatic carbocycles. The Labute approximate surface area is 162 Å². The number of carbonyl (C=O) groups is 2. The molecule has 7 nitrogen and oxygen atoms in total. The molecule has 142 valence electrons. The molecule has 0 atom stereocenters. The van der Waals surface area contributed by atoms with Crippen molar-refractivity contribution < 1.29 is 19.1 Å². The molecule has 1 aliphatic heterocycles. The van der Waals surface area contributed by atoms with Crippen LogP contribution in [0.4, 0.5) is 5.69 Å². The lowest BCUT2D eigenvalue weighted by Crippen LogP contribution is -2.23. The number of nitrogens with zero attached hydrogens (tertiary/aromatic N) is 3. The lowest BCUT2D eigenvalue weighted by Gasteiger charge is -2.15. The van der Waals surface area contributed by atoms with E-state index in [0.717, 1.165) is 17.8 Å². The van der Waals surface area contributed by atoms with Crippen molar-refractivity contribution in [2.75, 3.05) is 18.6 Å². The molecule has 3 aromatic rings. The minimum Gasteiger partial charge on any atom is -0.493 e. The summed E-state index contributed by atoms with van der Waals surface area (Å²) in [7, 11) is 1.48. The van der Waals surface area contributed by atoms with Gasteiger partial charge in [-0.15, -0.1) is 0 Å². The zero-order valence-electron chi connectivity index (χ0n) is 15.4. The van der Waals surface area contributed by atoms with Gasteiger partial charge in [0.2, 0.25) is 11.6 Å². The minimum absolute atomic E-state index is 0.0881. The molecule has 0 N–H and O–H groups in total. The molecule has 28 heavy (non-hydrogen) atoms. The van der Waals surface area contributed by atoms with Crippen LogP contribution in [0.2, 0.25) is 0 Å². The molecule has 2 heterocycles. The van der Waals surface area contributed by atoms with Crippen molar-refractivity contribution in [3.05, 3.63) is 66.5 Å². The van der Waals surface area contributed by atoms with E-state index in [4.69, 9.17) is 9.47 Å². The van der Waals surface area contributed by atoms with Gasteiger partial charge in [0.1, 0.15) is 5.75 Å². The number of anilines is 1. The van der Waals surface area contributed by atoms with Crippen molar-refractivity contribution in [1.82, 2.24) is 9.78 Å².